The maximum Gasteiger partial charge on any atom is 0.335 e. The molecule has 0 radical (unpaired) electrons. The van der Waals surface area contributed by atoms with Crippen molar-refractivity contribution in [3.8, 4) is 17.0 Å². The van der Waals surface area contributed by atoms with Crippen LogP contribution in [0.15, 0.2) is 60.8 Å². The molecular formula is C30H36ClN3O3. The number of anilines is 1. The van der Waals surface area contributed by atoms with E-state index in [9.17, 15) is 9.90 Å². The molecule has 0 saturated heterocycles. The monoisotopic (exact) mass is 521 g/mol. The number of hydrogen-bond acceptors (Lipinski definition) is 5. The van der Waals surface area contributed by atoms with Crippen molar-refractivity contribution in [2.45, 2.75) is 77.0 Å². The zero-order chi connectivity index (χ0) is 24.9. The van der Waals surface area contributed by atoms with Gasteiger partial charge in [0.1, 0.15) is 5.75 Å². The van der Waals surface area contributed by atoms with Gasteiger partial charge in [-0.05, 0) is 92.5 Å². The third-order valence-corrected chi connectivity index (χ3v) is 7.61. The van der Waals surface area contributed by atoms with E-state index < -0.39 is 5.97 Å². The van der Waals surface area contributed by atoms with Crippen LogP contribution in [0.3, 0.4) is 0 Å². The van der Waals surface area contributed by atoms with E-state index in [0.717, 1.165) is 54.2 Å². The molecule has 196 valence electrons. The van der Waals surface area contributed by atoms with E-state index in [1.807, 2.05) is 30.5 Å². The standard InChI is InChI=1S/C30H35N3O3.ClH/c1-21-9-13-26(14-10-21)36-27-15-11-23(12-16-27)28-17-18-31-30(32-28)33(25-7-2-3-8-25)20-22-5-4-6-24(19-22)29(34)35;/h4-6,11-12,15-19,21,25-26H,2-3,7-10,13-14,20H2,1H3,(H,34,35);1H/t21-,26-;. The summed E-state index contributed by atoms with van der Waals surface area (Å²) < 4.78 is 6.23. The van der Waals surface area contributed by atoms with Gasteiger partial charge in [-0.15, -0.1) is 12.4 Å². The summed E-state index contributed by atoms with van der Waals surface area (Å²) in [6.07, 6.45) is 11.5. The van der Waals surface area contributed by atoms with E-state index in [1.54, 1.807) is 18.2 Å². The molecule has 1 N–H and O–H groups in total. The van der Waals surface area contributed by atoms with Gasteiger partial charge in [-0.25, -0.2) is 14.8 Å². The number of rotatable bonds is 8. The molecule has 3 aromatic rings. The maximum absolute atomic E-state index is 11.5. The molecule has 2 aliphatic carbocycles. The van der Waals surface area contributed by atoms with Gasteiger partial charge in [-0.3, -0.25) is 0 Å². The Morgan fingerprint density at radius 3 is 2.43 bits per heavy atom. The van der Waals surface area contributed by atoms with E-state index in [1.165, 1.54) is 25.7 Å². The predicted molar refractivity (Wildman–Crippen MR) is 149 cm³/mol. The number of hydrogen-bond donors (Lipinski definition) is 1. The normalized spacial score (nSPS) is 19.7. The van der Waals surface area contributed by atoms with E-state index in [-0.39, 0.29) is 12.4 Å². The van der Waals surface area contributed by atoms with Gasteiger partial charge in [0.05, 0.1) is 17.4 Å². The molecule has 0 amide bonds. The Balaban J connectivity index is 0.00000320. The molecule has 2 aromatic carbocycles. The first-order chi connectivity index (χ1) is 17.5. The van der Waals surface area contributed by atoms with Crippen LogP contribution < -0.4 is 9.64 Å². The summed E-state index contributed by atoms with van der Waals surface area (Å²) in [5.41, 5.74) is 3.16. The van der Waals surface area contributed by atoms with Gasteiger partial charge >= 0.3 is 5.97 Å². The number of halogens is 1. The van der Waals surface area contributed by atoms with Crippen molar-refractivity contribution in [2.75, 3.05) is 4.90 Å². The smallest absolute Gasteiger partial charge is 0.335 e. The van der Waals surface area contributed by atoms with Crippen LogP contribution >= 0.6 is 12.4 Å². The summed E-state index contributed by atoms with van der Waals surface area (Å²) in [5, 5.41) is 9.41. The van der Waals surface area contributed by atoms with Crippen molar-refractivity contribution in [1.82, 2.24) is 9.97 Å². The molecule has 6 nitrogen and oxygen atoms in total. The van der Waals surface area contributed by atoms with Crippen LogP contribution in [0.5, 0.6) is 5.75 Å². The summed E-state index contributed by atoms with van der Waals surface area (Å²) in [6, 6.07) is 17.7. The molecule has 0 spiro atoms. The highest BCUT2D eigenvalue weighted by Crippen LogP contribution is 2.31. The minimum atomic E-state index is -0.909. The molecule has 0 atom stereocenters. The Kier molecular flexibility index (Phi) is 9.04. The van der Waals surface area contributed by atoms with Gasteiger partial charge in [0.15, 0.2) is 0 Å². The maximum atomic E-state index is 11.5. The number of aromatic carboxylic acids is 1. The Bertz CT molecular complexity index is 1170. The fraction of sp³-hybridized carbons (Fsp3) is 0.433. The van der Waals surface area contributed by atoms with Gasteiger partial charge in [0.25, 0.3) is 0 Å². The Morgan fingerprint density at radius 2 is 1.73 bits per heavy atom. The molecular weight excluding hydrogens is 486 g/mol. The topological polar surface area (TPSA) is 75.5 Å². The van der Waals surface area contributed by atoms with Crippen LogP contribution in [0.2, 0.25) is 0 Å². The number of carboxylic acid groups (broad SMARTS) is 1. The quantitative estimate of drug-likeness (QED) is 0.338. The van der Waals surface area contributed by atoms with Crippen molar-refractivity contribution in [3.05, 3.63) is 71.9 Å². The highest BCUT2D eigenvalue weighted by atomic mass is 35.5. The van der Waals surface area contributed by atoms with Crippen molar-refractivity contribution in [3.63, 3.8) is 0 Å². The molecule has 0 unspecified atom stereocenters. The van der Waals surface area contributed by atoms with Gasteiger partial charge in [0, 0.05) is 24.3 Å². The molecule has 1 aromatic heterocycles. The van der Waals surface area contributed by atoms with Crippen LogP contribution in [0, 0.1) is 5.92 Å². The lowest BCUT2D eigenvalue weighted by molar-refractivity contribution is 0.0696. The third-order valence-electron chi connectivity index (χ3n) is 7.61. The number of benzene rings is 2. The van der Waals surface area contributed by atoms with E-state index in [2.05, 4.69) is 28.9 Å². The number of carboxylic acids is 1. The number of aromatic nitrogens is 2. The van der Waals surface area contributed by atoms with Crippen LogP contribution in [0.1, 0.15) is 74.2 Å². The molecule has 2 fully saturated rings. The van der Waals surface area contributed by atoms with Gasteiger partial charge in [-0.2, -0.15) is 0 Å². The molecule has 5 rings (SSSR count). The molecule has 1 heterocycles. The lowest BCUT2D eigenvalue weighted by Crippen LogP contribution is -2.34. The second-order valence-corrected chi connectivity index (χ2v) is 10.3. The lowest BCUT2D eigenvalue weighted by atomic mass is 9.89. The van der Waals surface area contributed by atoms with Crippen LogP contribution in [-0.2, 0) is 6.54 Å². The summed E-state index contributed by atoms with van der Waals surface area (Å²) >= 11 is 0. The van der Waals surface area contributed by atoms with Crippen LogP contribution in [0.25, 0.3) is 11.3 Å². The third kappa shape index (κ3) is 6.80. The van der Waals surface area contributed by atoms with Crippen molar-refractivity contribution < 1.29 is 14.6 Å². The van der Waals surface area contributed by atoms with Crippen LogP contribution in [0.4, 0.5) is 5.95 Å². The highest BCUT2D eigenvalue weighted by Gasteiger charge is 2.25. The van der Waals surface area contributed by atoms with Crippen molar-refractivity contribution >= 4 is 24.3 Å². The Hall–Kier alpha value is -3.12. The van der Waals surface area contributed by atoms with E-state index in [0.29, 0.717) is 30.2 Å². The first kappa shape index (κ1) is 26.9. The zero-order valence-electron chi connectivity index (χ0n) is 21.4. The minimum Gasteiger partial charge on any atom is -0.490 e. The highest BCUT2D eigenvalue weighted by molar-refractivity contribution is 5.87. The van der Waals surface area contributed by atoms with Gasteiger partial charge in [0.2, 0.25) is 5.95 Å². The number of nitrogens with zero attached hydrogens (tertiary/aromatic N) is 3. The lowest BCUT2D eigenvalue weighted by Gasteiger charge is -2.29. The molecule has 0 bridgehead atoms. The SMILES string of the molecule is C[C@H]1CC[C@H](Oc2ccc(-c3ccnc(N(Cc4cccc(C(=O)O)c4)C4CCCC4)n3)cc2)CC1.Cl. The van der Waals surface area contributed by atoms with E-state index >= 15 is 0 Å². The van der Waals surface area contributed by atoms with Crippen molar-refractivity contribution in [2.24, 2.45) is 5.92 Å². The molecule has 0 aliphatic heterocycles. The Labute approximate surface area is 225 Å². The Morgan fingerprint density at radius 1 is 1.00 bits per heavy atom. The summed E-state index contributed by atoms with van der Waals surface area (Å²) in [4.78, 5) is 23.3. The number of ether oxygens (including phenoxy) is 1. The van der Waals surface area contributed by atoms with Crippen LogP contribution in [-0.4, -0.2) is 33.2 Å². The van der Waals surface area contributed by atoms with Gasteiger partial charge in [-0.1, -0.05) is 31.9 Å². The first-order valence-electron chi connectivity index (χ1n) is 13.2. The fourth-order valence-corrected chi connectivity index (χ4v) is 5.47. The fourth-order valence-electron chi connectivity index (χ4n) is 5.47. The zero-order valence-corrected chi connectivity index (χ0v) is 22.2. The average molecular weight is 522 g/mol. The summed E-state index contributed by atoms with van der Waals surface area (Å²) in [5.74, 6) is 1.51. The predicted octanol–water partition coefficient (Wildman–Crippen LogP) is 7.17. The average Bonchev–Trinajstić information content (AvgIpc) is 3.44. The second kappa shape index (κ2) is 12.4. The molecule has 2 saturated carbocycles. The molecule has 37 heavy (non-hydrogen) atoms. The minimum absolute atomic E-state index is 0. The van der Waals surface area contributed by atoms with Gasteiger partial charge < -0.3 is 14.7 Å². The largest absolute Gasteiger partial charge is 0.490 e. The summed E-state index contributed by atoms with van der Waals surface area (Å²) in [7, 11) is 0. The van der Waals surface area contributed by atoms with Crippen molar-refractivity contribution in [1.29, 1.82) is 0 Å². The second-order valence-electron chi connectivity index (χ2n) is 10.3. The van der Waals surface area contributed by atoms with E-state index in [4.69, 9.17) is 9.72 Å². The number of carbonyl (C=O) groups is 1. The first-order valence-corrected chi connectivity index (χ1v) is 13.2. The molecule has 7 heteroatoms. The molecule has 2 aliphatic rings. The summed E-state index contributed by atoms with van der Waals surface area (Å²) in [6.45, 7) is 2.91.